The van der Waals surface area contributed by atoms with Crippen LogP contribution < -0.4 is 0 Å². The van der Waals surface area contributed by atoms with Gasteiger partial charge in [-0.05, 0) is 68.3 Å². The third-order valence-electron chi connectivity index (χ3n) is 9.01. The monoisotopic (exact) mass is 378 g/mol. The van der Waals surface area contributed by atoms with Crippen molar-refractivity contribution in [3.05, 3.63) is 11.6 Å². The lowest BCUT2D eigenvalue weighted by Crippen LogP contribution is -2.62. The van der Waals surface area contributed by atoms with Gasteiger partial charge in [-0.2, -0.15) is 0 Å². The molecular formula is C22H31FO4. The van der Waals surface area contributed by atoms with Crippen LogP contribution in [0.1, 0.15) is 59.3 Å². The molecule has 0 aliphatic heterocycles. The smallest absolute Gasteiger partial charge is 0.162 e. The minimum Gasteiger partial charge on any atom is -0.393 e. The van der Waals surface area contributed by atoms with Gasteiger partial charge in [-0.3, -0.25) is 14.0 Å². The van der Waals surface area contributed by atoms with E-state index in [1.54, 1.807) is 6.08 Å². The Morgan fingerprint density at radius 1 is 1.33 bits per heavy atom. The van der Waals surface area contributed by atoms with Gasteiger partial charge in [-0.1, -0.05) is 19.4 Å². The van der Waals surface area contributed by atoms with Gasteiger partial charge in [-0.15, -0.1) is 0 Å². The molecule has 0 aromatic rings. The Balaban J connectivity index is 1.78. The van der Waals surface area contributed by atoms with Gasteiger partial charge in [0.25, 0.3) is 0 Å². The number of rotatable bonds is 2. The molecule has 0 aromatic heterocycles. The van der Waals surface area contributed by atoms with Gasteiger partial charge in [0.15, 0.2) is 11.6 Å². The van der Waals surface area contributed by atoms with Crippen molar-refractivity contribution in [1.82, 2.24) is 0 Å². The van der Waals surface area contributed by atoms with E-state index in [1.807, 2.05) is 6.92 Å². The first kappa shape index (κ1) is 19.3. The highest BCUT2D eigenvalue weighted by molar-refractivity contribution is 5.91. The van der Waals surface area contributed by atoms with Crippen molar-refractivity contribution in [2.24, 2.45) is 34.5 Å². The number of carbonyl (C=O) groups is 2. The quantitative estimate of drug-likeness (QED) is 0.775. The van der Waals surface area contributed by atoms with Gasteiger partial charge in [-0.25, -0.2) is 0 Å². The molecule has 2 N–H and O–H groups in total. The number of aliphatic hydroxyl groups is 2. The SMILES string of the molecule is CC(=O)[C@@]1(O)[C@H](CF)C[C@H]2[C@@H]3CCC4=CC(=O)CC[C@]4(C)[C@H]3[C@@H](O)C[C@@]21C. The second-order valence-electron chi connectivity index (χ2n) is 9.99. The summed E-state index contributed by atoms with van der Waals surface area (Å²) in [6.45, 7) is 4.68. The number of aliphatic hydroxyl groups excluding tert-OH is 1. The fourth-order valence-electron chi connectivity index (χ4n) is 7.71. The summed E-state index contributed by atoms with van der Waals surface area (Å²) in [5, 5.41) is 22.6. The molecule has 0 amide bonds. The highest BCUT2D eigenvalue weighted by Gasteiger charge is 2.70. The first-order chi connectivity index (χ1) is 12.6. The summed E-state index contributed by atoms with van der Waals surface area (Å²) >= 11 is 0. The molecule has 150 valence electrons. The van der Waals surface area contributed by atoms with Crippen molar-refractivity contribution in [2.75, 3.05) is 6.67 Å². The van der Waals surface area contributed by atoms with Gasteiger partial charge < -0.3 is 10.2 Å². The normalized spacial score (nSPS) is 51.9. The van der Waals surface area contributed by atoms with Gasteiger partial charge in [0.05, 0.1) is 12.8 Å². The van der Waals surface area contributed by atoms with E-state index in [0.29, 0.717) is 19.3 Å². The summed E-state index contributed by atoms with van der Waals surface area (Å²) in [7, 11) is 0. The zero-order chi connectivity index (χ0) is 19.8. The number of alkyl halides is 1. The number of ketones is 2. The predicted molar refractivity (Wildman–Crippen MR) is 98.6 cm³/mol. The van der Waals surface area contributed by atoms with Crippen LogP contribution in [0.25, 0.3) is 0 Å². The van der Waals surface area contributed by atoms with Crippen molar-refractivity contribution in [3.63, 3.8) is 0 Å². The third kappa shape index (κ3) is 2.27. The van der Waals surface area contributed by atoms with Crippen LogP contribution in [0.5, 0.6) is 0 Å². The number of hydrogen-bond acceptors (Lipinski definition) is 4. The molecule has 8 atom stereocenters. The Kier molecular flexibility index (Phi) is 4.25. The standard InChI is InChI=1S/C22H31FO4/c1-12(24)22(27)14(11-23)9-17-16-5-4-13-8-15(25)6-7-20(13,2)19(16)18(26)10-21(17,22)3/h8,14,16-19,26-27H,4-7,9-11H2,1-3H3/t14-,16-,17-,18-,19+,20-,21-,22+/m0/s1. The number of carbonyl (C=O) groups excluding carboxylic acids is 2. The van der Waals surface area contributed by atoms with Crippen LogP contribution in [0.2, 0.25) is 0 Å². The third-order valence-corrected chi connectivity index (χ3v) is 9.01. The van der Waals surface area contributed by atoms with Crippen molar-refractivity contribution in [1.29, 1.82) is 0 Å². The average molecular weight is 378 g/mol. The number of allylic oxidation sites excluding steroid dienone is 1. The minimum atomic E-state index is -1.71. The molecule has 0 heterocycles. The zero-order valence-corrected chi connectivity index (χ0v) is 16.5. The van der Waals surface area contributed by atoms with E-state index in [4.69, 9.17) is 0 Å². The van der Waals surface area contributed by atoms with Crippen molar-refractivity contribution in [2.45, 2.75) is 71.0 Å². The maximum atomic E-state index is 13.9. The Morgan fingerprint density at radius 2 is 2.04 bits per heavy atom. The summed E-state index contributed by atoms with van der Waals surface area (Å²) < 4.78 is 13.9. The second kappa shape index (κ2) is 5.96. The number of Topliss-reactive ketones (excluding diaryl/α,β-unsaturated/α-hetero) is 1. The van der Waals surface area contributed by atoms with Crippen LogP contribution >= 0.6 is 0 Å². The number of hydrogen-bond donors (Lipinski definition) is 2. The average Bonchev–Trinajstić information content (AvgIpc) is 2.83. The molecule has 4 aliphatic rings. The van der Waals surface area contributed by atoms with E-state index in [2.05, 4.69) is 6.92 Å². The summed E-state index contributed by atoms with van der Waals surface area (Å²) in [4.78, 5) is 24.4. The molecule has 27 heavy (non-hydrogen) atoms. The van der Waals surface area contributed by atoms with Crippen LogP contribution in [-0.4, -0.2) is 40.2 Å². The largest absolute Gasteiger partial charge is 0.393 e. The number of fused-ring (bicyclic) bond motifs is 5. The van der Waals surface area contributed by atoms with E-state index in [1.165, 1.54) is 6.92 Å². The topological polar surface area (TPSA) is 74.6 Å². The molecule has 0 bridgehead atoms. The summed E-state index contributed by atoms with van der Waals surface area (Å²) in [5.74, 6) is -0.771. The van der Waals surface area contributed by atoms with Crippen LogP contribution in [0.3, 0.4) is 0 Å². The molecule has 0 aromatic carbocycles. The Labute approximate surface area is 160 Å². The number of halogens is 1. The molecule has 0 unspecified atom stereocenters. The van der Waals surface area contributed by atoms with E-state index in [0.717, 1.165) is 24.8 Å². The molecular weight excluding hydrogens is 347 g/mol. The summed E-state index contributed by atoms with van der Waals surface area (Å²) in [6, 6.07) is 0. The Morgan fingerprint density at radius 3 is 2.67 bits per heavy atom. The maximum absolute atomic E-state index is 13.9. The molecule has 4 rings (SSSR count). The lowest BCUT2D eigenvalue weighted by atomic mass is 9.45. The van der Waals surface area contributed by atoms with Crippen molar-refractivity contribution in [3.8, 4) is 0 Å². The van der Waals surface area contributed by atoms with Crippen molar-refractivity contribution >= 4 is 11.6 Å². The summed E-state index contributed by atoms with van der Waals surface area (Å²) in [5.41, 5.74) is -1.60. The lowest BCUT2D eigenvalue weighted by molar-refractivity contribution is -0.185. The second-order valence-corrected chi connectivity index (χ2v) is 9.99. The van der Waals surface area contributed by atoms with Crippen LogP contribution in [0.15, 0.2) is 11.6 Å². The van der Waals surface area contributed by atoms with Gasteiger partial charge in [0.1, 0.15) is 5.60 Å². The van der Waals surface area contributed by atoms with E-state index in [9.17, 15) is 24.2 Å². The van der Waals surface area contributed by atoms with Crippen molar-refractivity contribution < 1.29 is 24.2 Å². The fraction of sp³-hybridized carbons (Fsp3) is 0.818. The lowest BCUT2D eigenvalue weighted by Gasteiger charge is -2.60. The Hall–Kier alpha value is -1.07. The van der Waals surface area contributed by atoms with Crippen LogP contribution in [-0.2, 0) is 9.59 Å². The highest BCUT2D eigenvalue weighted by atomic mass is 19.1. The van der Waals surface area contributed by atoms with E-state index in [-0.39, 0.29) is 34.7 Å². The maximum Gasteiger partial charge on any atom is 0.162 e. The van der Waals surface area contributed by atoms with E-state index < -0.39 is 29.7 Å². The molecule has 3 saturated carbocycles. The first-order valence-corrected chi connectivity index (χ1v) is 10.3. The van der Waals surface area contributed by atoms with Gasteiger partial charge in [0, 0.05) is 17.8 Å². The zero-order valence-electron chi connectivity index (χ0n) is 16.5. The fourth-order valence-corrected chi connectivity index (χ4v) is 7.71. The Bertz CT molecular complexity index is 717. The van der Waals surface area contributed by atoms with Gasteiger partial charge in [0.2, 0.25) is 0 Å². The van der Waals surface area contributed by atoms with Crippen LogP contribution in [0.4, 0.5) is 4.39 Å². The molecule has 3 fully saturated rings. The van der Waals surface area contributed by atoms with E-state index >= 15 is 0 Å². The molecule has 5 heteroatoms. The van der Waals surface area contributed by atoms with Gasteiger partial charge >= 0.3 is 0 Å². The first-order valence-electron chi connectivity index (χ1n) is 10.3. The molecule has 4 aliphatic carbocycles. The molecule has 4 nitrogen and oxygen atoms in total. The minimum absolute atomic E-state index is 0.00163. The molecule has 0 saturated heterocycles. The summed E-state index contributed by atoms with van der Waals surface area (Å²) in [6.07, 6.45) is 4.79. The molecule has 0 spiro atoms. The van der Waals surface area contributed by atoms with Crippen LogP contribution in [0, 0.1) is 34.5 Å². The molecule has 0 radical (unpaired) electrons. The highest BCUT2D eigenvalue weighted by Crippen LogP contribution is 2.68. The predicted octanol–water partition coefficient (Wildman–Crippen LogP) is 3.00.